The van der Waals surface area contributed by atoms with Gasteiger partial charge in [0.25, 0.3) is 0 Å². The smallest absolute Gasteiger partial charge is 0.323 e. The van der Waals surface area contributed by atoms with E-state index in [9.17, 15) is 9.59 Å². The third-order valence-corrected chi connectivity index (χ3v) is 4.21. The van der Waals surface area contributed by atoms with E-state index in [1.54, 1.807) is 36.4 Å². The first kappa shape index (κ1) is 18.0. The summed E-state index contributed by atoms with van der Waals surface area (Å²) in [5.41, 5.74) is 1.74. The molecule has 4 amide bonds. The number of likely N-dealkylation sites (tertiary alicyclic amines) is 1. The molecular weight excluding hydrogens is 354 g/mol. The summed E-state index contributed by atoms with van der Waals surface area (Å²) in [7, 11) is 0. The number of halogens is 1. The molecule has 2 heterocycles. The van der Waals surface area contributed by atoms with E-state index in [1.807, 2.05) is 4.90 Å². The first-order valence-corrected chi connectivity index (χ1v) is 8.83. The van der Waals surface area contributed by atoms with Crippen LogP contribution in [0.2, 0.25) is 5.15 Å². The van der Waals surface area contributed by atoms with Crippen molar-refractivity contribution in [3.63, 3.8) is 0 Å². The minimum atomic E-state index is -0.410. The second-order valence-corrected chi connectivity index (χ2v) is 6.39. The molecule has 1 aliphatic rings. The normalized spacial score (nSPS) is 13.8. The van der Waals surface area contributed by atoms with E-state index in [4.69, 9.17) is 11.6 Å². The number of hydrogen-bond donors (Lipinski definition) is 3. The zero-order valence-electron chi connectivity index (χ0n) is 14.2. The summed E-state index contributed by atoms with van der Waals surface area (Å²) in [6, 6.07) is 9.68. The summed E-state index contributed by atoms with van der Waals surface area (Å²) in [6.45, 7) is 1.56. The van der Waals surface area contributed by atoms with Crippen molar-refractivity contribution in [2.24, 2.45) is 0 Å². The van der Waals surface area contributed by atoms with Gasteiger partial charge >= 0.3 is 12.1 Å². The number of pyridine rings is 1. The molecule has 3 rings (SSSR count). The molecule has 1 fully saturated rings. The largest absolute Gasteiger partial charge is 0.325 e. The van der Waals surface area contributed by atoms with Crippen LogP contribution in [0.25, 0.3) is 0 Å². The Morgan fingerprint density at radius 1 is 0.923 bits per heavy atom. The molecule has 1 aliphatic heterocycles. The molecule has 0 atom stereocenters. The van der Waals surface area contributed by atoms with E-state index >= 15 is 0 Å². The van der Waals surface area contributed by atoms with Gasteiger partial charge in [0.15, 0.2) is 0 Å². The molecule has 8 heteroatoms. The monoisotopic (exact) mass is 373 g/mol. The molecule has 3 N–H and O–H groups in total. The van der Waals surface area contributed by atoms with Gasteiger partial charge in [0, 0.05) is 36.3 Å². The summed E-state index contributed by atoms with van der Waals surface area (Å²) >= 11 is 5.79. The Morgan fingerprint density at radius 3 is 2.27 bits per heavy atom. The minimum absolute atomic E-state index is 0.113. The van der Waals surface area contributed by atoms with Gasteiger partial charge in [0.2, 0.25) is 0 Å². The molecule has 26 heavy (non-hydrogen) atoms. The van der Waals surface area contributed by atoms with Crippen molar-refractivity contribution < 1.29 is 9.59 Å². The van der Waals surface area contributed by atoms with E-state index in [0.29, 0.717) is 22.2 Å². The molecule has 1 aromatic heterocycles. The molecule has 0 unspecified atom stereocenters. The van der Waals surface area contributed by atoms with Gasteiger partial charge in [-0.1, -0.05) is 17.7 Å². The van der Waals surface area contributed by atoms with Crippen LogP contribution in [0.15, 0.2) is 42.6 Å². The number of benzene rings is 1. The third-order valence-electron chi connectivity index (χ3n) is 4.00. The van der Waals surface area contributed by atoms with Crippen molar-refractivity contribution in [1.29, 1.82) is 0 Å². The third kappa shape index (κ3) is 5.10. The van der Waals surface area contributed by atoms with Crippen molar-refractivity contribution in [3.8, 4) is 0 Å². The molecule has 0 spiro atoms. The van der Waals surface area contributed by atoms with Gasteiger partial charge in [-0.05, 0) is 49.6 Å². The van der Waals surface area contributed by atoms with Crippen LogP contribution >= 0.6 is 11.6 Å². The number of hydrogen-bond acceptors (Lipinski definition) is 3. The number of nitrogens with zero attached hydrogens (tertiary/aromatic N) is 2. The van der Waals surface area contributed by atoms with Crippen LogP contribution in [0.1, 0.15) is 19.3 Å². The number of piperidine rings is 1. The number of carbonyl (C=O) groups excluding carboxylic acids is 2. The molecule has 0 saturated carbocycles. The Balaban J connectivity index is 1.58. The predicted octanol–water partition coefficient (Wildman–Crippen LogP) is 4.40. The summed E-state index contributed by atoms with van der Waals surface area (Å²) in [4.78, 5) is 30.0. The van der Waals surface area contributed by atoms with Crippen LogP contribution in [0.4, 0.5) is 26.7 Å². The quantitative estimate of drug-likeness (QED) is 0.697. The maximum atomic E-state index is 12.3. The second-order valence-electron chi connectivity index (χ2n) is 6.01. The van der Waals surface area contributed by atoms with Gasteiger partial charge in [0.1, 0.15) is 5.15 Å². The Bertz CT molecular complexity index is 793. The molecule has 7 nitrogen and oxygen atoms in total. The average Bonchev–Trinajstić information content (AvgIpc) is 2.62. The highest BCUT2D eigenvalue weighted by molar-refractivity contribution is 6.29. The lowest BCUT2D eigenvalue weighted by Gasteiger charge is -2.26. The molecular formula is C18H20ClN5O2. The van der Waals surface area contributed by atoms with Gasteiger partial charge in [-0.15, -0.1) is 0 Å². The summed E-state index contributed by atoms with van der Waals surface area (Å²) in [5.74, 6) is 0. The first-order valence-electron chi connectivity index (χ1n) is 8.46. The molecule has 136 valence electrons. The van der Waals surface area contributed by atoms with E-state index in [2.05, 4.69) is 20.9 Å². The van der Waals surface area contributed by atoms with Crippen LogP contribution in [0.5, 0.6) is 0 Å². The first-order chi connectivity index (χ1) is 12.6. The summed E-state index contributed by atoms with van der Waals surface area (Å²) in [5, 5.41) is 8.57. The highest BCUT2D eigenvalue weighted by Crippen LogP contribution is 2.18. The Kier molecular flexibility index (Phi) is 5.91. The zero-order valence-corrected chi connectivity index (χ0v) is 14.9. The van der Waals surface area contributed by atoms with Crippen LogP contribution in [-0.2, 0) is 0 Å². The van der Waals surface area contributed by atoms with Gasteiger partial charge < -0.3 is 20.9 Å². The maximum Gasteiger partial charge on any atom is 0.323 e. The van der Waals surface area contributed by atoms with Gasteiger partial charge in [-0.25, -0.2) is 14.6 Å². The number of aromatic nitrogens is 1. The fourth-order valence-electron chi connectivity index (χ4n) is 2.75. The Morgan fingerprint density at radius 2 is 1.58 bits per heavy atom. The van der Waals surface area contributed by atoms with E-state index in [-0.39, 0.29) is 6.03 Å². The van der Waals surface area contributed by atoms with E-state index in [1.165, 1.54) is 12.6 Å². The van der Waals surface area contributed by atoms with Gasteiger partial charge in [-0.3, -0.25) is 0 Å². The lowest BCUT2D eigenvalue weighted by atomic mass is 10.1. The zero-order chi connectivity index (χ0) is 18.4. The highest BCUT2D eigenvalue weighted by atomic mass is 35.5. The number of amides is 4. The Hall–Kier alpha value is -2.80. The van der Waals surface area contributed by atoms with Crippen molar-refractivity contribution in [2.45, 2.75) is 19.3 Å². The SMILES string of the molecule is O=C(Nc1cccc(NC(=O)N2CCCCC2)c1)Nc1ccnc(Cl)c1. The number of nitrogens with one attached hydrogen (secondary N) is 3. The summed E-state index contributed by atoms with van der Waals surface area (Å²) < 4.78 is 0. The Labute approximate surface area is 156 Å². The van der Waals surface area contributed by atoms with Crippen LogP contribution in [0.3, 0.4) is 0 Å². The average molecular weight is 374 g/mol. The number of anilines is 3. The topological polar surface area (TPSA) is 86.4 Å². The maximum absolute atomic E-state index is 12.3. The van der Waals surface area contributed by atoms with Crippen LogP contribution in [0, 0.1) is 0 Å². The predicted molar refractivity (Wildman–Crippen MR) is 103 cm³/mol. The fraction of sp³-hybridized carbons (Fsp3) is 0.278. The van der Waals surface area contributed by atoms with Crippen LogP contribution in [-0.4, -0.2) is 35.0 Å². The van der Waals surface area contributed by atoms with Crippen molar-refractivity contribution in [2.75, 3.05) is 29.0 Å². The lowest BCUT2D eigenvalue weighted by molar-refractivity contribution is 0.200. The summed E-state index contributed by atoms with van der Waals surface area (Å²) in [6.07, 6.45) is 4.75. The van der Waals surface area contributed by atoms with Crippen molar-refractivity contribution in [3.05, 3.63) is 47.7 Å². The minimum Gasteiger partial charge on any atom is -0.325 e. The van der Waals surface area contributed by atoms with Gasteiger partial charge in [0.05, 0.1) is 0 Å². The van der Waals surface area contributed by atoms with Crippen molar-refractivity contribution >= 4 is 40.7 Å². The molecule has 0 bridgehead atoms. The van der Waals surface area contributed by atoms with Crippen LogP contribution < -0.4 is 16.0 Å². The number of carbonyl (C=O) groups is 2. The van der Waals surface area contributed by atoms with E-state index < -0.39 is 6.03 Å². The number of rotatable bonds is 3. The fourth-order valence-corrected chi connectivity index (χ4v) is 2.92. The molecule has 1 saturated heterocycles. The standard InChI is InChI=1S/C18H20ClN5O2/c19-16-12-15(7-8-20-16)22-17(25)21-13-5-4-6-14(11-13)23-18(26)24-9-2-1-3-10-24/h4-8,11-12H,1-3,9-10H2,(H,23,26)(H2,20,21,22,25). The molecule has 1 aromatic carbocycles. The lowest BCUT2D eigenvalue weighted by Crippen LogP contribution is -2.38. The van der Waals surface area contributed by atoms with Gasteiger partial charge in [-0.2, -0.15) is 0 Å². The second kappa shape index (κ2) is 8.53. The molecule has 2 aromatic rings. The van der Waals surface area contributed by atoms with Crippen molar-refractivity contribution in [1.82, 2.24) is 9.88 Å². The number of urea groups is 2. The molecule has 0 radical (unpaired) electrons. The molecule has 0 aliphatic carbocycles. The highest BCUT2D eigenvalue weighted by Gasteiger charge is 2.16. The van der Waals surface area contributed by atoms with E-state index in [0.717, 1.165) is 25.9 Å².